The molecule has 0 spiro atoms. The van der Waals surface area contributed by atoms with Gasteiger partial charge < -0.3 is 24.0 Å². The Labute approximate surface area is 195 Å². The summed E-state index contributed by atoms with van der Waals surface area (Å²) in [6.45, 7) is 1.75. The highest BCUT2D eigenvalue weighted by molar-refractivity contribution is 9.09. The molecule has 0 aliphatic carbocycles. The van der Waals surface area contributed by atoms with Crippen LogP contribution in [0.1, 0.15) is 18.0 Å². The Hall–Kier alpha value is -3.01. The zero-order valence-electron chi connectivity index (χ0n) is 18.0. The number of piperazine rings is 1. The molecule has 2 aromatic rings. The van der Waals surface area contributed by atoms with Crippen molar-refractivity contribution < 1.29 is 23.9 Å². The molecular weight excluding hydrogens is 482 g/mol. The minimum Gasteiger partial charge on any atom is -0.495 e. The third kappa shape index (κ3) is 5.07. The van der Waals surface area contributed by atoms with Gasteiger partial charge in [0.25, 0.3) is 5.69 Å². The molecule has 1 unspecified atom stereocenters. The van der Waals surface area contributed by atoms with Crippen LogP contribution in [0.3, 0.4) is 0 Å². The van der Waals surface area contributed by atoms with Gasteiger partial charge in [-0.25, -0.2) is 0 Å². The molecule has 9 nitrogen and oxygen atoms in total. The molecule has 1 atom stereocenters. The summed E-state index contributed by atoms with van der Waals surface area (Å²) >= 11 is 3.34. The number of para-hydroxylation sites is 2. The van der Waals surface area contributed by atoms with Crippen molar-refractivity contribution in [3.63, 3.8) is 0 Å². The van der Waals surface area contributed by atoms with Gasteiger partial charge in [0, 0.05) is 25.0 Å². The number of carbonyl (C=O) groups excluding carboxylic acids is 1. The maximum Gasteiger partial charge on any atom is 0.278 e. The molecule has 1 aliphatic heterocycles. The molecule has 32 heavy (non-hydrogen) atoms. The molecule has 1 saturated heterocycles. The van der Waals surface area contributed by atoms with E-state index in [0.717, 1.165) is 23.8 Å². The van der Waals surface area contributed by atoms with E-state index in [-0.39, 0.29) is 5.69 Å². The van der Waals surface area contributed by atoms with Gasteiger partial charge in [-0.15, -0.1) is 0 Å². The van der Waals surface area contributed by atoms with Crippen LogP contribution < -0.4 is 19.1 Å². The standard InChI is InChI=1S/C22H26BrN3O6/c1-30-20-7-4-3-6-17(20)24-9-10-25(15-27)19(14-24)16-12-21(31-2)22(32-11-5-8-23)13-18(16)26(28)29/h3-4,6-7,12-13,15,19H,5,8-11,14H2,1-2H3. The second-order valence-electron chi connectivity index (χ2n) is 7.19. The van der Waals surface area contributed by atoms with Gasteiger partial charge in [-0.1, -0.05) is 28.1 Å². The summed E-state index contributed by atoms with van der Waals surface area (Å²) in [5.74, 6) is 1.40. The van der Waals surface area contributed by atoms with Gasteiger partial charge >= 0.3 is 0 Å². The maximum atomic E-state index is 12.0. The Kier molecular flexibility index (Phi) is 8.15. The summed E-state index contributed by atoms with van der Waals surface area (Å²) in [5.41, 5.74) is 1.15. The molecule has 0 N–H and O–H groups in total. The van der Waals surface area contributed by atoms with Gasteiger partial charge in [0.05, 0.1) is 49.1 Å². The number of carbonyl (C=O) groups is 1. The van der Waals surface area contributed by atoms with Crippen LogP contribution in [-0.2, 0) is 4.79 Å². The van der Waals surface area contributed by atoms with Crippen molar-refractivity contribution in [2.24, 2.45) is 0 Å². The average Bonchev–Trinajstić information content (AvgIpc) is 2.83. The van der Waals surface area contributed by atoms with Crippen LogP contribution >= 0.6 is 15.9 Å². The highest BCUT2D eigenvalue weighted by Gasteiger charge is 2.34. The summed E-state index contributed by atoms with van der Waals surface area (Å²) in [5, 5.41) is 12.7. The van der Waals surface area contributed by atoms with Crippen molar-refractivity contribution in [1.29, 1.82) is 0 Å². The van der Waals surface area contributed by atoms with E-state index in [1.807, 2.05) is 24.3 Å². The Balaban J connectivity index is 2.01. The fourth-order valence-electron chi connectivity index (χ4n) is 3.81. The van der Waals surface area contributed by atoms with Crippen molar-refractivity contribution in [2.75, 3.05) is 50.7 Å². The molecule has 0 aromatic heterocycles. The highest BCUT2D eigenvalue weighted by atomic mass is 79.9. The zero-order chi connectivity index (χ0) is 23.1. The number of nitrogens with zero attached hydrogens (tertiary/aromatic N) is 3. The fourth-order valence-corrected chi connectivity index (χ4v) is 4.04. The summed E-state index contributed by atoms with van der Waals surface area (Å²) in [7, 11) is 3.09. The lowest BCUT2D eigenvalue weighted by Gasteiger charge is -2.41. The average molecular weight is 508 g/mol. The molecule has 1 fully saturated rings. The van der Waals surface area contributed by atoms with Crippen LogP contribution in [0.15, 0.2) is 36.4 Å². The molecule has 1 amide bonds. The van der Waals surface area contributed by atoms with E-state index in [4.69, 9.17) is 14.2 Å². The number of anilines is 1. The van der Waals surface area contributed by atoms with Crippen LogP contribution in [0.4, 0.5) is 11.4 Å². The van der Waals surface area contributed by atoms with Gasteiger partial charge in [-0.3, -0.25) is 14.9 Å². The first-order valence-corrected chi connectivity index (χ1v) is 11.3. The van der Waals surface area contributed by atoms with E-state index in [0.29, 0.717) is 49.1 Å². The first-order valence-electron chi connectivity index (χ1n) is 10.2. The predicted octanol–water partition coefficient (Wildman–Crippen LogP) is 3.80. The predicted molar refractivity (Wildman–Crippen MR) is 124 cm³/mol. The van der Waals surface area contributed by atoms with E-state index in [1.54, 1.807) is 18.1 Å². The summed E-state index contributed by atoms with van der Waals surface area (Å²) in [4.78, 5) is 27.0. The molecule has 3 rings (SSSR count). The molecule has 1 aliphatic rings. The molecule has 10 heteroatoms. The number of methoxy groups -OCH3 is 2. The monoisotopic (exact) mass is 507 g/mol. The SMILES string of the molecule is COc1cc(C2CN(c3ccccc3OC)CCN2C=O)c([N+](=O)[O-])cc1OCCCBr. The summed E-state index contributed by atoms with van der Waals surface area (Å²) < 4.78 is 16.6. The quantitative estimate of drug-likeness (QED) is 0.159. The third-order valence-corrected chi connectivity index (χ3v) is 5.95. The molecule has 2 aromatic carbocycles. The van der Waals surface area contributed by atoms with Gasteiger partial charge in [0.1, 0.15) is 5.75 Å². The Morgan fingerprint density at radius 3 is 2.56 bits per heavy atom. The Morgan fingerprint density at radius 1 is 1.16 bits per heavy atom. The van der Waals surface area contributed by atoms with Crippen LogP contribution in [0.25, 0.3) is 0 Å². The number of ether oxygens (including phenoxy) is 3. The van der Waals surface area contributed by atoms with E-state index in [2.05, 4.69) is 20.8 Å². The number of amides is 1. The summed E-state index contributed by atoms with van der Waals surface area (Å²) in [6, 6.07) is 10.0. The number of hydrogen-bond donors (Lipinski definition) is 0. The van der Waals surface area contributed by atoms with E-state index in [9.17, 15) is 14.9 Å². The highest BCUT2D eigenvalue weighted by Crippen LogP contribution is 2.41. The first-order chi connectivity index (χ1) is 15.5. The number of nitro groups is 1. The molecule has 0 radical (unpaired) electrons. The summed E-state index contributed by atoms with van der Waals surface area (Å²) in [6.07, 6.45) is 1.48. The van der Waals surface area contributed by atoms with Crippen molar-refractivity contribution >= 4 is 33.7 Å². The third-order valence-electron chi connectivity index (χ3n) is 5.39. The van der Waals surface area contributed by atoms with E-state index < -0.39 is 11.0 Å². The second kappa shape index (κ2) is 11.0. The van der Waals surface area contributed by atoms with Crippen molar-refractivity contribution in [3.8, 4) is 17.2 Å². The number of rotatable bonds is 10. The van der Waals surface area contributed by atoms with Crippen molar-refractivity contribution in [3.05, 3.63) is 52.1 Å². The minimum atomic E-state index is -0.544. The number of halogens is 1. The van der Waals surface area contributed by atoms with Crippen LogP contribution in [0.5, 0.6) is 17.2 Å². The van der Waals surface area contributed by atoms with Crippen molar-refractivity contribution in [2.45, 2.75) is 12.5 Å². The Morgan fingerprint density at radius 2 is 1.91 bits per heavy atom. The number of nitro benzene ring substituents is 1. The van der Waals surface area contributed by atoms with Gasteiger partial charge in [0.15, 0.2) is 11.5 Å². The smallest absolute Gasteiger partial charge is 0.278 e. The van der Waals surface area contributed by atoms with Crippen molar-refractivity contribution in [1.82, 2.24) is 4.90 Å². The maximum absolute atomic E-state index is 12.0. The molecular formula is C22H26BrN3O6. The minimum absolute atomic E-state index is 0.113. The largest absolute Gasteiger partial charge is 0.495 e. The normalized spacial score (nSPS) is 15.9. The molecule has 0 saturated carbocycles. The number of hydrogen-bond acceptors (Lipinski definition) is 7. The lowest BCUT2D eigenvalue weighted by Crippen LogP contribution is -2.48. The van der Waals surface area contributed by atoms with Gasteiger partial charge in [0.2, 0.25) is 6.41 Å². The topological polar surface area (TPSA) is 94.4 Å². The zero-order valence-corrected chi connectivity index (χ0v) is 19.6. The lowest BCUT2D eigenvalue weighted by molar-refractivity contribution is -0.386. The molecule has 1 heterocycles. The van der Waals surface area contributed by atoms with E-state index >= 15 is 0 Å². The Bertz CT molecular complexity index is 957. The fraction of sp³-hybridized carbons (Fsp3) is 0.409. The first kappa shape index (κ1) is 23.6. The van der Waals surface area contributed by atoms with Gasteiger partial charge in [-0.2, -0.15) is 0 Å². The van der Waals surface area contributed by atoms with Crippen LogP contribution in [0, 0.1) is 10.1 Å². The second-order valence-corrected chi connectivity index (χ2v) is 7.98. The van der Waals surface area contributed by atoms with E-state index in [1.165, 1.54) is 13.2 Å². The van der Waals surface area contributed by atoms with Gasteiger partial charge in [-0.05, 0) is 24.6 Å². The molecule has 0 bridgehead atoms. The number of benzene rings is 2. The molecule has 172 valence electrons. The number of alkyl halides is 1. The van der Waals surface area contributed by atoms with Crippen LogP contribution in [-0.4, -0.2) is 62.0 Å². The lowest BCUT2D eigenvalue weighted by atomic mass is 9.99. The van der Waals surface area contributed by atoms with Crippen LogP contribution in [0.2, 0.25) is 0 Å².